The molecule has 0 aromatic carbocycles. The summed E-state index contributed by atoms with van der Waals surface area (Å²) < 4.78 is 5.08. The van der Waals surface area contributed by atoms with Gasteiger partial charge in [0, 0.05) is 31.8 Å². The number of hydrogen-bond acceptors (Lipinski definition) is 5. The number of urea groups is 1. The van der Waals surface area contributed by atoms with Crippen molar-refractivity contribution in [2.24, 2.45) is 0 Å². The van der Waals surface area contributed by atoms with Crippen LogP contribution in [0.4, 0.5) is 4.79 Å². The largest absolute Gasteiger partial charge is 0.340 e. The first-order valence-electron chi connectivity index (χ1n) is 7.95. The predicted octanol–water partition coefficient (Wildman–Crippen LogP) is 2.08. The highest BCUT2D eigenvalue weighted by atomic mass is 16.5. The summed E-state index contributed by atoms with van der Waals surface area (Å²) in [7, 11) is 0. The van der Waals surface area contributed by atoms with Crippen LogP contribution in [0.2, 0.25) is 0 Å². The van der Waals surface area contributed by atoms with Gasteiger partial charge in [0.05, 0.1) is 0 Å². The Morgan fingerprint density at radius 1 is 1.35 bits per heavy atom. The van der Waals surface area contributed by atoms with E-state index in [9.17, 15) is 4.79 Å². The van der Waals surface area contributed by atoms with Crippen LogP contribution in [0.1, 0.15) is 43.1 Å². The van der Waals surface area contributed by atoms with E-state index in [0.717, 1.165) is 31.4 Å². The van der Waals surface area contributed by atoms with Crippen LogP contribution in [0.25, 0.3) is 0 Å². The van der Waals surface area contributed by atoms with E-state index in [-0.39, 0.29) is 6.03 Å². The van der Waals surface area contributed by atoms with E-state index < -0.39 is 5.54 Å². The van der Waals surface area contributed by atoms with E-state index in [1.165, 1.54) is 0 Å². The smallest absolute Gasteiger partial charge is 0.315 e. The van der Waals surface area contributed by atoms with E-state index in [0.29, 0.717) is 24.7 Å². The summed E-state index contributed by atoms with van der Waals surface area (Å²) in [5.41, 5.74) is 0.449. The summed E-state index contributed by atoms with van der Waals surface area (Å²) >= 11 is 0. The highest BCUT2D eigenvalue weighted by Gasteiger charge is 2.41. The number of aromatic nitrogens is 3. The molecular weight excluding hydrogens is 294 g/mol. The Hall–Kier alpha value is -2.44. The van der Waals surface area contributed by atoms with Gasteiger partial charge in [0.25, 0.3) is 0 Å². The Balaban J connectivity index is 1.57. The van der Waals surface area contributed by atoms with Gasteiger partial charge in [-0.2, -0.15) is 4.98 Å². The Morgan fingerprint density at radius 3 is 2.83 bits per heavy atom. The number of carbonyl (C=O) groups is 1. The molecule has 2 N–H and O–H groups in total. The molecule has 0 spiro atoms. The average molecular weight is 315 g/mol. The number of nitrogens with zero attached hydrogens (tertiary/aromatic N) is 3. The monoisotopic (exact) mass is 315 g/mol. The maximum atomic E-state index is 12.2. The predicted molar refractivity (Wildman–Crippen MR) is 83.7 cm³/mol. The lowest BCUT2D eigenvalue weighted by molar-refractivity contribution is 0.221. The Morgan fingerprint density at radius 2 is 2.17 bits per heavy atom. The molecule has 3 rings (SSSR count). The molecule has 2 aromatic rings. The van der Waals surface area contributed by atoms with Crippen molar-refractivity contribution in [1.82, 2.24) is 25.8 Å². The van der Waals surface area contributed by atoms with E-state index >= 15 is 0 Å². The summed E-state index contributed by atoms with van der Waals surface area (Å²) in [5.74, 6) is 1.09. The fourth-order valence-electron chi connectivity index (χ4n) is 2.99. The lowest BCUT2D eigenvalue weighted by Crippen LogP contribution is -2.49. The molecule has 2 aromatic heterocycles. The second-order valence-corrected chi connectivity index (χ2v) is 5.88. The third-order valence-electron chi connectivity index (χ3n) is 4.16. The summed E-state index contributed by atoms with van der Waals surface area (Å²) in [5, 5.41) is 9.95. The molecule has 0 radical (unpaired) electrons. The van der Waals surface area contributed by atoms with Gasteiger partial charge in [0.1, 0.15) is 5.54 Å². The molecule has 7 heteroatoms. The molecule has 1 saturated carbocycles. The number of pyridine rings is 1. The number of carbonyl (C=O) groups excluding carboxylic acids is 1. The van der Waals surface area contributed by atoms with Crippen LogP contribution in [0.15, 0.2) is 28.9 Å². The molecule has 0 saturated heterocycles. The van der Waals surface area contributed by atoms with Gasteiger partial charge in [0.2, 0.25) is 5.89 Å². The minimum Gasteiger partial charge on any atom is -0.340 e. The second kappa shape index (κ2) is 6.76. The number of aryl methyl sites for hydroxylation is 1. The molecule has 0 aliphatic heterocycles. The number of hydrogen-bond donors (Lipinski definition) is 2. The zero-order chi connectivity index (χ0) is 16.1. The normalized spacial score (nSPS) is 16.2. The highest BCUT2D eigenvalue weighted by molar-refractivity contribution is 5.75. The lowest BCUT2D eigenvalue weighted by atomic mass is 9.97. The molecule has 122 valence electrons. The van der Waals surface area contributed by atoms with Gasteiger partial charge in [-0.05, 0) is 25.0 Å². The van der Waals surface area contributed by atoms with Gasteiger partial charge in [0.15, 0.2) is 5.82 Å². The van der Waals surface area contributed by atoms with Crippen molar-refractivity contribution < 1.29 is 9.32 Å². The fraction of sp³-hybridized carbons (Fsp3) is 0.500. The van der Waals surface area contributed by atoms with Gasteiger partial charge < -0.3 is 15.2 Å². The van der Waals surface area contributed by atoms with Crippen molar-refractivity contribution in [3.63, 3.8) is 0 Å². The molecule has 23 heavy (non-hydrogen) atoms. The molecule has 1 aliphatic carbocycles. The van der Waals surface area contributed by atoms with Crippen molar-refractivity contribution in [1.29, 1.82) is 0 Å². The van der Waals surface area contributed by atoms with Gasteiger partial charge in [-0.3, -0.25) is 4.98 Å². The van der Waals surface area contributed by atoms with Gasteiger partial charge in [-0.15, -0.1) is 0 Å². The molecular formula is C16H21N5O2. The molecule has 2 heterocycles. The third-order valence-corrected chi connectivity index (χ3v) is 4.16. The molecule has 1 aliphatic rings. The summed E-state index contributed by atoms with van der Waals surface area (Å²) in [4.78, 5) is 20.8. The van der Waals surface area contributed by atoms with Crippen molar-refractivity contribution in [3.8, 4) is 0 Å². The van der Waals surface area contributed by atoms with Crippen molar-refractivity contribution >= 4 is 6.03 Å². The topological polar surface area (TPSA) is 92.9 Å². The van der Waals surface area contributed by atoms with Gasteiger partial charge in [-0.1, -0.05) is 24.1 Å². The maximum absolute atomic E-state index is 12.2. The third kappa shape index (κ3) is 3.67. The summed E-state index contributed by atoms with van der Waals surface area (Å²) in [6, 6.07) is 5.56. The van der Waals surface area contributed by atoms with Crippen molar-refractivity contribution in [2.45, 2.75) is 44.6 Å². The van der Waals surface area contributed by atoms with Gasteiger partial charge in [-0.25, -0.2) is 4.79 Å². The number of amides is 2. The van der Waals surface area contributed by atoms with E-state index in [1.54, 1.807) is 13.1 Å². The first kappa shape index (κ1) is 15.5. The van der Waals surface area contributed by atoms with E-state index in [4.69, 9.17) is 4.52 Å². The maximum Gasteiger partial charge on any atom is 0.315 e. The van der Waals surface area contributed by atoms with Crippen LogP contribution in [-0.2, 0) is 12.0 Å². The van der Waals surface area contributed by atoms with Gasteiger partial charge >= 0.3 is 6.03 Å². The minimum absolute atomic E-state index is 0.203. The summed E-state index contributed by atoms with van der Waals surface area (Å²) in [6.07, 6.45) is 6.20. The zero-order valence-electron chi connectivity index (χ0n) is 13.2. The Kier molecular flexibility index (Phi) is 4.55. The van der Waals surface area contributed by atoms with Crippen molar-refractivity contribution in [2.75, 3.05) is 6.54 Å². The van der Waals surface area contributed by atoms with Crippen LogP contribution in [0, 0.1) is 6.92 Å². The van der Waals surface area contributed by atoms with Crippen LogP contribution in [0.5, 0.6) is 0 Å². The molecule has 0 unspecified atom stereocenters. The molecule has 7 nitrogen and oxygen atoms in total. The quantitative estimate of drug-likeness (QED) is 0.881. The SMILES string of the molecule is Cc1nc(C2(NC(=O)NCCc3ccccn3)CCCC2)no1. The van der Waals surface area contributed by atoms with Crippen LogP contribution in [0.3, 0.4) is 0 Å². The van der Waals surface area contributed by atoms with Crippen LogP contribution < -0.4 is 10.6 Å². The first-order valence-corrected chi connectivity index (χ1v) is 7.95. The molecule has 0 bridgehead atoms. The summed E-state index contributed by atoms with van der Waals surface area (Å²) in [6.45, 7) is 2.29. The standard InChI is InChI=1S/C16H21N5O2/c1-12-19-14(21-23-12)16(8-3-4-9-16)20-15(22)18-11-7-13-6-2-5-10-17-13/h2,5-6,10H,3-4,7-9,11H2,1H3,(H2,18,20,22). The Labute approximate surface area is 134 Å². The minimum atomic E-state index is -0.507. The van der Waals surface area contributed by atoms with E-state index in [1.807, 2.05) is 18.2 Å². The van der Waals surface area contributed by atoms with E-state index in [2.05, 4.69) is 25.8 Å². The first-order chi connectivity index (χ1) is 11.2. The molecule has 0 atom stereocenters. The number of rotatable bonds is 5. The Bertz CT molecular complexity index is 650. The van der Waals surface area contributed by atoms with Crippen LogP contribution in [-0.4, -0.2) is 27.7 Å². The lowest BCUT2D eigenvalue weighted by Gasteiger charge is -2.26. The van der Waals surface area contributed by atoms with Crippen LogP contribution >= 0.6 is 0 Å². The fourth-order valence-corrected chi connectivity index (χ4v) is 2.99. The number of nitrogens with one attached hydrogen (secondary N) is 2. The van der Waals surface area contributed by atoms with Crippen molar-refractivity contribution in [3.05, 3.63) is 41.8 Å². The second-order valence-electron chi connectivity index (χ2n) is 5.88. The zero-order valence-corrected chi connectivity index (χ0v) is 13.2. The molecule has 1 fully saturated rings. The highest BCUT2D eigenvalue weighted by Crippen LogP contribution is 2.37. The average Bonchev–Trinajstić information content (AvgIpc) is 3.18. The molecule has 2 amide bonds.